The standard InChI is InChI=1S/C18H20.C5H12O2.C4H8O2.3C2H6/c1-4-10-16(11-5-1)18(14-8-3-9-15-18)17-12-6-2-7-13-17;1-3-5(6)4-7-2;1-5-2-4-3-6-4;3*1-2/h1-2,4-7,10-13H,3,8-9,14-15H2;5-6H,3-4H2,1-2H3;4H,2-3H2,1H3;3*1-2H3. The molecule has 1 aliphatic heterocycles. The first kappa shape index (κ1) is 37.4. The lowest BCUT2D eigenvalue weighted by Gasteiger charge is -2.38. The van der Waals surface area contributed by atoms with Crippen LogP contribution in [0.3, 0.4) is 0 Å². The van der Waals surface area contributed by atoms with E-state index in [1.54, 1.807) is 14.2 Å². The smallest absolute Gasteiger partial charge is 0.104 e. The minimum Gasteiger partial charge on any atom is -0.391 e. The summed E-state index contributed by atoms with van der Waals surface area (Å²) in [7, 11) is 3.26. The highest BCUT2D eigenvalue weighted by atomic mass is 16.6. The quantitative estimate of drug-likeness (QED) is 0.374. The molecule has 4 nitrogen and oxygen atoms in total. The van der Waals surface area contributed by atoms with Crippen molar-refractivity contribution in [3.05, 3.63) is 71.8 Å². The molecule has 1 saturated heterocycles. The van der Waals surface area contributed by atoms with Crippen molar-refractivity contribution in [3.8, 4) is 0 Å². The Labute approximate surface area is 229 Å². The number of ether oxygens (including phenoxy) is 3. The van der Waals surface area contributed by atoms with Crippen LogP contribution < -0.4 is 0 Å². The summed E-state index contributed by atoms with van der Waals surface area (Å²) in [5.74, 6) is 0. The van der Waals surface area contributed by atoms with Crippen LogP contribution in [0.2, 0.25) is 0 Å². The highest BCUT2D eigenvalue weighted by molar-refractivity contribution is 5.39. The summed E-state index contributed by atoms with van der Waals surface area (Å²) in [6, 6.07) is 22.1. The molecule has 4 rings (SSSR count). The second-order valence-corrected chi connectivity index (χ2v) is 8.30. The topological polar surface area (TPSA) is 51.2 Å². The fraction of sp³-hybridized carbons (Fsp3) is 0.636. The van der Waals surface area contributed by atoms with Gasteiger partial charge in [-0.05, 0) is 30.4 Å². The van der Waals surface area contributed by atoms with Crippen molar-refractivity contribution in [1.82, 2.24) is 0 Å². The number of methoxy groups -OCH3 is 2. The third kappa shape index (κ3) is 16.0. The molecule has 37 heavy (non-hydrogen) atoms. The second-order valence-electron chi connectivity index (χ2n) is 8.30. The van der Waals surface area contributed by atoms with Crippen LogP contribution in [0.1, 0.15) is 98.1 Å². The Morgan fingerprint density at radius 3 is 1.49 bits per heavy atom. The molecule has 1 N–H and O–H groups in total. The lowest BCUT2D eigenvalue weighted by atomic mass is 9.65. The van der Waals surface area contributed by atoms with E-state index < -0.39 is 0 Å². The summed E-state index contributed by atoms with van der Waals surface area (Å²) < 4.78 is 14.2. The zero-order valence-corrected chi connectivity index (χ0v) is 25.5. The van der Waals surface area contributed by atoms with Crippen LogP contribution in [0.15, 0.2) is 60.7 Å². The fourth-order valence-corrected chi connectivity index (χ4v) is 4.07. The first-order valence-corrected chi connectivity index (χ1v) is 14.5. The summed E-state index contributed by atoms with van der Waals surface area (Å²) in [4.78, 5) is 0. The molecule has 2 unspecified atom stereocenters. The molecule has 0 aromatic heterocycles. The summed E-state index contributed by atoms with van der Waals surface area (Å²) in [5, 5.41) is 8.73. The molecule has 1 aliphatic carbocycles. The van der Waals surface area contributed by atoms with Crippen LogP contribution in [0, 0.1) is 0 Å². The van der Waals surface area contributed by atoms with Gasteiger partial charge in [0.25, 0.3) is 0 Å². The molecular formula is C33H58O4. The minimum atomic E-state index is -0.273. The van der Waals surface area contributed by atoms with E-state index in [0.29, 0.717) is 12.7 Å². The zero-order chi connectivity index (χ0) is 28.4. The summed E-state index contributed by atoms with van der Waals surface area (Å²) >= 11 is 0. The van der Waals surface area contributed by atoms with Crippen molar-refractivity contribution in [2.24, 2.45) is 0 Å². The van der Waals surface area contributed by atoms with Gasteiger partial charge in [-0.25, -0.2) is 0 Å². The molecule has 2 aliphatic rings. The zero-order valence-electron chi connectivity index (χ0n) is 25.5. The van der Waals surface area contributed by atoms with E-state index in [1.165, 1.54) is 43.2 Å². The Balaban J connectivity index is 0. The van der Waals surface area contributed by atoms with Gasteiger partial charge < -0.3 is 19.3 Å². The van der Waals surface area contributed by atoms with Crippen LogP contribution in [-0.2, 0) is 19.6 Å². The van der Waals surface area contributed by atoms with Gasteiger partial charge in [0.15, 0.2) is 0 Å². The van der Waals surface area contributed by atoms with E-state index in [4.69, 9.17) is 14.6 Å². The average Bonchev–Trinajstić information content (AvgIpc) is 3.83. The SMILES string of the molecule is CC.CC.CC.CCC(O)COC.COCC1CO1.c1ccc(C2(c3ccccc3)CCCCC2)cc1. The second kappa shape index (κ2) is 25.9. The third-order valence-corrected chi connectivity index (χ3v) is 5.95. The van der Waals surface area contributed by atoms with E-state index in [0.717, 1.165) is 19.6 Å². The van der Waals surface area contributed by atoms with Gasteiger partial charge in [0.1, 0.15) is 6.10 Å². The molecule has 1 saturated carbocycles. The van der Waals surface area contributed by atoms with Gasteiger partial charge in [-0.3, -0.25) is 0 Å². The molecule has 0 radical (unpaired) electrons. The number of benzene rings is 2. The number of epoxide rings is 1. The summed E-state index contributed by atoms with van der Waals surface area (Å²) in [6.07, 6.45) is 7.60. The van der Waals surface area contributed by atoms with Gasteiger partial charge in [-0.15, -0.1) is 0 Å². The predicted molar refractivity (Wildman–Crippen MR) is 161 cm³/mol. The van der Waals surface area contributed by atoms with Gasteiger partial charge in [0, 0.05) is 19.6 Å². The third-order valence-electron chi connectivity index (χ3n) is 5.95. The van der Waals surface area contributed by atoms with Gasteiger partial charge in [0.05, 0.1) is 25.9 Å². The van der Waals surface area contributed by atoms with E-state index >= 15 is 0 Å². The highest BCUT2D eigenvalue weighted by Gasteiger charge is 2.35. The average molecular weight is 519 g/mol. The van der Waals surface area contributed by atoms with Crippen molar-refractivity contribution < 1.29 is 19.3 Å². The van der Waals surface area contributed by atoms with Gasteiger partial charge >= 0.3 is 0 Å². The molecule has 0 bridgehead atoms. The number of aliphatic hydroxyl groups excluding tert-OH is 1. The van der Waals surface area contributed by atoms with Crippen LogP contribution in [0.25, 0.3) is 0 Å². The van der Waals surface area contributed by atoms with Crippen LogP contribution in [0.5, 0.6) is 0 Å². The van der Waals surface area contributed by atoms with Crippen molar-refractivity contribution in [2.45, 2.75) is 105 Å². The number of hydrogen-bond donors (Lipinski definition) is 1. The Kier molecular flexibility index (Phi) is 26.2. The molecule has 214 valence electrons. The first-order valence-electron chi connectivity index (χ1n) is 14.5. The summed E-state index contributed by atoms with van der Waals surface area (Å²) in [5.41, 5.74) is 3.26. The van der Waals surface area contributed by atoms with Gasteiger partial charge in [-0.2, -0.15) is 0 Å². The molecule has 2 aromatic rings. The van der Waals surface area contributed by atoms with E-state index in [9.17, 15) is 0 Å². The maximum atomic E-state index is 8.73. The predicted octanol–water partition coefficient (Wildman–Crippen LogP) is 8.45. The lowest BCUT2D eigenvalue weighted by molar-refractivity contribution is 0.0625. The maximum Gasteiger partial charge on any atom is 0.104 e. The molecule has 1 heterocycles. The molecule has 2 atom stereocenters. The van der Waals surface area contributed by atoms with E-state index in [-0.39, 0.29) is 11.5 Å². The normalized spacial score (nSPS) is 17.1. The van der Waals surface area contributed by atoms with Crippen LogP contribution in [-0.4, -0.2) is 51.4 Å². The van der Waals surface area contributed by atoms with Crippen molar-refractivity contribution in [3.63, 3.8) is 0 Å². The number of aliphatic hydroxyl groups is 1. The number of hydrogen-bond acceptors (Lipinski definition) is 4. The van der Waals surface area contributed by atoms with Gasteiger partial charge in [-0.1, -0.05) is 128 Å². The van der Waals surface area contributed by atoms with Crippen molar-refractivity contribution in [1.29, 1.82) is 0 Å². The van der Waals surface area contributed by atoms with Crippen LogP contribution >= 0.6 is 0 Å². The Morgan fingerprint density at radius 1 is 0.784 bits per heavy atom. The van der Waals surface area contributed by atoms with Crippen LogP contribution in [0.4, 0.5) is 0 Å². The lowest BCUT2D eigenvalue weighted by Crippen LogP contribution is -2.30. The van der Waals surface area contributed by atoms with E-state index in [2.05, 4.69) is 65.4 Å². The molecule has 2 fully saturated rings. The molecule has 0 spiro atoms. The first-order chi connectivity index (χ1) is 18.2. The van der Waals surface area contributed by atoms with Crippen molar-refractivity contribution >= 4 is 0 Å². The Hall–Kier alpha value is -1.72. The molecular weight excluding hydrogens is 460 g/mol. The van der Waals surface area contributed by atoms with Gasteiger partial charge in [0.2, 0.25) is 0 Å². The molecule has 4 heteroatoms. The summed E-state index contributed by atoms with van der Waals surface area (Å²) in [6.45, 7) is 16.0. The number of rotatable bonds is 7. The molecule has 2 aromatic carbocycles. The highest BCUT2D eigenvalue weighted by Crippen LogP contribution is 2.44. The van der Waals surface area contributed by atoms with E-state index in [1.807, 2.05) is 48.5 Å². The monoisotopic (exact) mass is 518 g/mol. The Morgan fingerprint density at radius 2 is 1.22 bits per heavy atom. The van der Waals surface area contributed by atoms with Crippen molar-refractivity contribution in [2.75, 3.05) is 34.0 Å². The fourth-order valence-electron chi connectivity index (χ4n) is 4.07. The largest absolute Gasteiger partial charge is 0.391 e. The molecule has 0 amide bonds. The maximum absolute atomic E-state index is 8.73. The Bertz CT molecular complexity index is 638. The minimum absolute atomic E-state index is 0.265.